The van der Waals surface area contributed by atoms with Gasteiger partial charge in [0.15, 0.2) is 0 Å². The molecule has 2 N–H and O–H groups in total. The Morgan fingerprint density at radius 2 is 1.55 bits per heavy atom. The third-order valence-electron chi connectivity index (χ3n) is 5.15. The number of carbonyl (C=O) groups is 4. The smallest absolute Gasteiger partial charge is 0.303 e. The molecule has 0 aromatic heterocycles. The van der Waals surface area contributed by atoms with Crippen molar-refractivity contribution in [1.29, 1.82) is 0 Å². The summed E-state index contributed by atoms with van der Waals surface area (Å²) in [6.45, 7) is 0. The molecule has 0 saturated heterocycles. The maximum Gasteiger partial charge on any atom is 0.303 e. The number of aliphatic carboxylic acids is 2. The van der Waals surface area contributed by atoms with Crippen molar-refractivity contribution in [3.8, 4) is 0 Å². The normalized spacial score (nSPS) is 31.1. The molecule has 2 aliphatic rings. The maximum atomic E-state index is 12.2. The Morgan fingerprint density at radius 3 is 2.18 bits per heavy atom. The summed E-state index contributed by atoms with van der Waals surface area (Å²) in [5.74, 6) is -1.94. The van der Waals surface area contributed by atoms with Crippen molar-refractivity contribution in [3.63, 3.8) is 0 Å². The molecule has 0 spiro atoms. The minimum atomic E-state index is -0.902. The molecule has 0 amide bonds. The van der Waals surface area contributed by atoms with Crippen LogP contribution in [0.1, 0.15) is 51.4 Å². The van der Waals surface area contributed by atoms with Crippen molar-refractivity contribution in [2.45, 2.75) is 51.4 Å². The SMILES string of the molecule is O=C(O)CCCC1C(=O)CCC2C(CCC(=O)O)C(=O)CC12. The predicted molar refractivity (Wildman–Crippen MR) is 76.2 cm³/mol. The molecule has 2 aliphatic carbocycles. The van der Waals surface area contributed by atoms with Crippen molar-refractivity contribution in [3.05, 3.63) is 0 Å². The fourth-order valence-corrected chi connectivity index (χ4v) is 4.16. The Kier molecular flexibility index (Phi) is 5.32. The van der Waals surface area contributed by atoms with Crippen molar-refractivity contribution in [2.75, 3.05) is 0 Å². The summed E-state index contributed by atoms with van der Waals surface area (Å²) < 4.78 is 0. The van der Waals surface area contributed by atoms with Crippen LogP contribution in [0.2, 0.25) is 0 Å². The van der Waals surface area contributed by atoms with Crippen LogP contribution in [0.3, 0.4) is 0 Å². The standard InChI is InChI=1S/C16H22O6/c17-13-6-4-9-11(5-7-16(21)22)14(18)8-12(9)10(13)2-1-3-15(19)20/h9-12H,1-8H2,(H,19,20)(H,21,22). The molecule has 0 bridgehead atoms. The highest BCUT2D eigenvalue weighted by Crippen LogP contribution is 2.48. The lowest BCUT2D eigenvalue weighted by Gasteiger charge is -2.34. The Morgan fingerprint density at radius 1 is 0.909 bits per heavy atom. The van der Waals surface area contributed by atoms with Gasteiger partial charge >= 0.3 is 11.9 Å². The molecule has 122 valence electrons. The number of carboxylic acids is 2. The maximum absolute atomic E-state index is 12.2. The van der Waals surface area contributed by atoms with E-state index in [0.29, 0.717) is 38.5 Å². The van der Waals surface area contributed by atoms with Crippen molar-refractivity contribution < 1.29 is 29.4 Å². The van der Waals surface area contributed by atoms with Gasteiger partial charge in [-0.15, -0.1) is 0 Å². The van der Waals surface area contributed by atoms with E-state index < -0.39 is 11.9 Å². The summed E-state index contributed by atoms with van der Waals surface area (Å²) in [6.07, 6.45) is 2.78. The highest BCUT2D eigenvalue weighted by molar-refractivity contribution is 5.88. The first-order valence-electron chi connectivity index (χ1n) is 7.89. The lowest BCUT2D eigenvalue weighted by molar-refractivity contribution is -0.138. The van der Waals surface area contributed by atoms with Crippen molar-refractivity contribution >= 4 is 23.5 Å². The van der Waals surface area contributed by atoms with E-state index in [1.807, 2.05) is 0 Å². The summed E-state index contributed by atoms with van der Waals surface area (Å²) in [5.41, 5.74) is 0. The quantitative estimate of drug-likeness (QED) is 0.743. The second-order valence-electron chi connectivity index (χ2n) is 6.43. The predicted octanol–water partition coefficient (Wildman–Crippen LogP) is 1.91. The van der Waals surface area contributed by atoms with Crippen LogP contribution in [-0.4, -0.2) is 33.7 Å². The largest absolute Gasteiger partial charge is 0.481 e. The summed E-state index contributed by atoms with van der Waals surface area (Å²) in [5, 5.41) is 17.5. The van der Waals surface area contributed by atoms with Crippen molar-refractivity contribution in [2.24, 2.45) is 23.7 Å². The van der Waals surface area contributed by atoms with E-state index in [4.69, 9.17) is 10.2 Å². The van der Waals surface area contributed by atoms with Crippen LogP contribution < -0.4 is 0 Å². The van der Waals surface area contributed by atoms with Gasteiger partial charge in [0.1, 0.15) is 11.6 Å². The molecule has 0 aromatic rings. The number of ketones is 2. The van der Waals surface area contributed by atoms with E-state index >= 15 is 0 Å². The molecule has 0 radical (unpaired) electrons. The number of rotatable bonds is 7. The van der Waals surface area contributed by atoms with Gasteiger partial charge in [-0.25, -0.2) is 0 Å². The van der Waals surface area contributed by atoms with Crippen LogP contribution in [0.15, 0.2) is 0 Å². The zero-order chi connectivity index (χ0) is 16.3. The van der Waals surface area contributed by atoms with E-state index in [9.17, 15) is 19.2 Å². The van der Waals surface area contributed by atoms with E-state index in [1.54, 1.807) is 0 Å². The van der Waals surface area contributed by atoms with Gasteiger partial charge in [0.05, 0.1) is 0 Å². The van der Waals surface area contributed by atoms with Gasteiger partial charge in [0.25, 0.3) is 0 Å². The van der Waals surface area contributed by atoms with E-state index in [-0.39, 0.29) is 48.1 Å². The van der Waals surface area contributed by atoms with Gasteiger partial charge in [-0.2, -0.15) is 0 Å². The molecule has 6 heteroatoms. The molecular formula is C16H22O6. The Hall–Kier alpha value is -1.72. The average molecular weight is 310 g/mol. The second kappa shape index (κ2) is 7.03. The van der Waals surface area contributed by atoms with Crippen LogP contribution in [0.5, 0.6) is 0 Å². The highest BCUT2D eigenvalue weighted by Gasteiger charge is 2.49. The molecule has 4 unspecified atom stereocenters. The number of fused-ring (bicyclic) bond motifs is 1. The summed E-state index contributed by atoms with van der Waals surface area (Å²) in [7, 11) is 0. The van der Waals surface area contributed by atoms with Crippen LogP contribution in [0, 0.1) is 23.7 Å². The second-order valence-corrected chi connectivity index (χ2v) is 6.43. The molecule has 22 heavy (non-hydrogen) atoms. The fraction of sp³-hybridized carbons (Fsp3) is 0.750. The van der Waals surface area contributed by atoms with E-state index in [2.05, 4.69) is 0 Å². The zero-order valence-corrected chi connectivity index (χ0v) is 12.5. The van der Waals surface area contributed by atoms with Crippen LogP contribution >= 0.6 is 0 Å². The fourth-order valence-electron chi connectivity index (χ4n) is 4.16. The Bertz CT molecular complexity index is 483. The third kappa shape index (κ3) is 3.72. The summed E-state index contributed by atoms with van der Waals surface area (Å²) in [4.78, 5) is 45.7. The molecule has 2 fully saturated rings. The molecule has 4 atom stereocenters. The van der Waals surface area contributed by atoms with Crippen LogP contribution in [0.4, 0.5) is 0 Å². The number of carboxylic acid groups (broad SMARTS) is 2. The number of hydrogen-bond acceptors (Lipinski definition) is 4. The topological polar surface area (TPSA) is 109 Å². The molecule has 0 aromatic carbocycles. The molecule has 2 saturated carbocycles. The Labute approximate surface area is 128 Å². The average Bonchev–Trinajstić information content (AvgIpc) is 2.74. The monoisotopic (exact) mass is 310 g/mol. The van der Waals surface area contributed by atoms with Gasteiger partial charge in [-0.3, -0.25) is 19.2 Å². The molecule has 0 aliphatic heterocycles. The summed E-state index contributed by atoms with van der Waals surface area (Å²) in [6, 6.07) is 0. The lowest BCUT2D eigenvalue weighted by atomic mass is 9.69. The molecule has 2 rings (SSSR count). The lowest BCUT2D eigenvalue weighted by Crippen LogP contribution is -2.34. The third-order valence-corrected chi connectivity index (χ3v) is 5.15. The Balaban J connectivity index is 2.01. The van der Waals surface area contributed by atoms with Gasteiger partial charge in [-0.05, 0) is 37.5 Å². The highest BCUT2D eigenvalue weighted by atomic mass is 16.4. The zero-order valence-electron chi connectivity index (χ0n) is 12.5. The van der Waals surface area contributed by atoms with Crippen molar-refractivity contribution in [1.82, 2.24) is 0 Å². The first-order valence-corrected chi connectivity index (χ1v) is 7.89. The minimum Gasteiger partial charge on any atom is -0.481 e. The van der Waals surface area contributed by atoms with Gasteiger partial charge in [0, 0.05) is 37.5 Å². The van der Waals surface area contributed by atoms with E-state index in [0.717, 1.165) is 0 Å². The van der Waals surface area contributed by atoms with E-state index in [1.165, 1.54) is 0 Å². The van der Waals surface area contributed by atoms with Gasteiger partial charge in [-0.1, -0.05) is 0 Å². The molecule has 6 nitrogen and oxygen atoms in total. The first-order chi connectivity index (χ1) is 10.4. The summed E-state index contributed by atoms with van der Waals surface area (Å²) >= 11 is 0. The molecular weight excluding hydrogens is 288 g/mol. The van der Waals surface area contributed by atoms with Gasteiger partial charge < -0.3 is 10.2 Å². The van der Waals surface area contributed by atoms with Gasteiger partial charge in [0.2, 0.25) is 0 Å². The number of Topliss-reactive ketones (excluding diaryl/α,β-unsaturated/α-hetero) is 2. The van der Waals surface area contributed by atoms with Crippen LogP contribution in [0.25, 0.3) is 0 Å². The number of hydrogen-bond donors (Lipinski definition) is 2. The molecule has 0 heterocycles. The number of carbonyl (C=O) groups excluding carboxylic acids is 2. The first kappa shape index (κ1) is 16.6. The van der Waals surface area contributed by atoms with Crippen LogP contribution in [-0.2, 0) is 19.2 Å². The minimum absolute atomic E-state index is 0.0126.